The number of benzene rings is 2. The summed E-state index contributed by atoms with van der Waals surface area (Å²) in [6, 6.07) is 16.2. The van der Waals surface area contributed by atoms with Crippen LogP contribution in [0.5, 0.6) is 5.75 Å². The molecule has 2 aromatic rings. The molecule has 0 atom stereocenters. The zero-order valence-corrected chi connectivity index (χ0v) is 13.3. The van der Waals surface area contributed by atoms with E-state index in [-0.39, 0.29) is 18.4 Å². The maximum Gasteiger partial charge on any atom is 0.244 e. The van der Waals surface area contributed by atoms with Crippen LogP contribution in [-0.4, -0.2) is 25.0 Å². The van der Waals surface area contributed by atoms with Crippen LogP contribution in [0.1, 0.15) is 13.8 Å². The molecule has 0 aliphatic rings. The first-order valence-electron chi connectivity index (χ1n) is 7.46. The standard InChI is InChI=1S/C18H20N2O3/c1-3-23-17-11-9-15(10-12-17)19-18(22)13-20(14(2)21)16-7-5-4-6-8-16/h4-12H,3,13H2,1-2H3,(H,19,22). The van der Waals surface area contributed by atoms with E-state index in [1.807, 2.05) is 25.1 Å². The summed E-state index contributed by atoms with van der Waals surface area (Å²) in [5.74, 6) is 0.311. The lowest BCUT2D eigenvalue weighted by Gasteiger charge is -2.20. The lowest BCUT2D eigenvalue weighted by atomic mass is 10.2. The summed E-state index contributed by atoms with van der Waals surface area (Å²) in [6.45, 7) is 3.91. The predicted octanol–water partition coefficient (Wildman–Crippen LogP) is 3.08. The number of nitrogens with one attached hydrogen (secondary N) is 1. The molecule has 0 aliphatic heterocycles. The van der Waals surface area contributed by atoms with E-state index in [0.29, 0.717) is 18.0 Å². The highest BCUT2D eigenvalue weighted by atomic mass is 16.5. The highest BCUT2D eigenvalue weighted by Gasteiger charge is 2.15. The Morgan fingerprint density at radius 2 is 1.70 bits per heavy atom. The number of ether oxygens (including phenoxy) is 1. The van der Waals surface area contributed by atoms with Crippen molar-refractivity contribution in [3.8, 4) is 5.75 Å². The maximum absolute atomic E-state index is 12.2. The van der Waals surface area contributed by atoms with Gasteiger partial charge in [0.1, 0.15) is 12.3 Å². The van der Waals surface area contributed by atoms with E-state index in [2.05, 4.69) is 5.32 Å². The summed E-state index contributed by atoms with van der Waals surface area (Å²) in [5.41, 5.74) is 1.36. The Morgan fingerprint density at radius 3 is 2.26 bits per heavy atom. The van der Waals surface area contributed by atoms with Gasteiger partial charge in [0.05, 0.1) is 6.61 Å². The monoisotopic (exact) mass is 312 g/mol. The van der Waals surface area contributed by atoms with E-state index >= 15 is 0 Å². The molecular weight excluding hydrogens is 292 g/mol. The van der Waals surface area contributed by atoms with Crippen LogP contribution in [0.15, 0.2) is 54.6 Å². The molecule has 0 radical (unpaired) electrons. The van der Waals surface area contributed by atoms with E-state index in [1.165, 1.54) is 11.8 Å². The Balaban J connectivity index is 2.00. The average Bonchev–Trinajstić information content (AvgIpc) is 2.55. The van der Waals surface area contributed by atoms with Crippen molar-refractivity contribution in [3.05, 3.63) is 54.6 Å². The molecule has 2 amide bonds. The second-order valence-electron chi connectivity index (χ2n) is 4.95. The van der Waals surface area contributed by atoms with E-state index in [0.717, 1.165) is 5.75 Å². The van der Waals surface area contributed by atoms with Crippen molar-refractivity contribution in [1.29, 1.82) is 0 Å². The molecular formula is C18H20N2O3. The van der Waals surface area contributed by atoms with Crippen LogP contribution in [0.4, 0.5) is 11.4 Å². The molecule has 2 rings (SSSR count). The summed E-state index contributed by atoms with van der Waals surface area (Å²) in [4.78, 5) is 25.4. The quantitative estimate of drug-likeness (QED) is 0.892. The Bertz CT molecular complexity index is 654. The molecule has 2 aromatic carbocycles. The van der Waals surface area contributed by atoms with Crippen molar-refractivity contribution >= 4 is 23.2 Å². The molecule has 0 aliphatic carbocycles. The normalized spacial score (nSPS) is 10.0. The van der Waals surface area contributed by atoms with E-state index < -0.39 is 0 Å². The zero-order chi connectivity index (χ0) is 16.7. The predicted molar refractivity (Wildman–Crippen MR) is 90.7 cm³/mol. The molecule has 0 spiro atoms. The average molecular weight is 312 g/mol. The molecule has 1 N–H and O–H groups in total. The Kier molecular flexibility index (Phi) is 5.74. The van der Waals surface area contributed by atoms with Gasteiger partial charge in [-0.05, 0) is 43.3 Å². The molecule has 5 nitrogen and oxygen atoms in total. The van der Waals surface area contributed by atoms with Crippen molar-refractivity contribution in [1.82, 2.24) is 0 Å². The van der Waals surface area contributed by atoms with Crippen LogP contribution in [-0.2, 0) is 9.59 Å². The summed E-state index contributed by atoms with van der Waals surface area (Å²) in [5, 5.41) is 2.78. The van der Waals surface area contributed by atoms with Gasteiger partial charge in [-0.15, -0.1) is 0 Å². The Morgan fingerprint density at radius 1 is 1.04 bits per heavy atom. The third-order valence-corrected chi connectivity index (χ3v) is 3.20. The van der Waals surface area contributed by atoms with E-state index in [9.17, 15) is 9.59 Å². The number of para-hydroxylation sites is 1. The second kappa shape index (κ2) is 7.98. The lowest BCUT2D eigenvalue weighted by Crippen LogP contribution is -2.36. The smallest absolute Gasteiger partial charge is 0.244 e. The first-order chi connectivity index (χ1) is 11.1. The van der Waals surface area contributed by atoms with Gasteiger partial charge in [0.25, 0.3) is 0 Å². The highest BCUT2D eigenvalue weighted by molar-refractivity contribution is 6.01. The van der Waals surface area contributed by atoms with Crippen molar-refractivity contribution in [2.75, 3.05) is 23.4 Å². The molecule has 120 valence electrons. The van der Waals surface area contributed by atoms with Gasteiger partial charge in [0.2, 0.25) is 11.8 Å². The van der Waals surface area contributed by atoms with Gasteiger partial charge in [0, 0.05) is 18.3 Å². The molecule has 0 aromatic heterocycles. The molecule has 0 bridgehead atoms. The number of hydrogen-bond acceptors (Lipinski definition) is 3. The van der Waals surface area contributed by atoms with Gasteiger partial charge in [-0.1, -0.05) is 18.2 Å². The van der Waals surface area contributed by atoms with Crippen LogP contribution in [0.2, 0.25) is 0 Å². The molecule has 0 unspecified atom stereocenters. The number of hydrogen-bond donors (Lipinski definition) is 1. The van der Waals surface area contributed by atoms with Crippen molar-refractivity contribution in [3.63, 3.8) is 0 Å². The minimum absolute atomic E-state index is 0.0352. The number of carbonyl (C=O) groups excluding carboxylic acids is 2. The fourth-order valence-corrected chi connectivity index (χ4v) is 2.14. The topological polar surface area (TPSA) is 58.6 Å². The van der Waals surface area contributed by atoms with Crippen LogP contribution >= 0.6 is 0 Å². The summed E-state index contributed by atoms with van der Waals surface area (Å²) < 4.78 is 5.35. The lowest BCUT2D eigenvalue weighted by molar-refractivity contribution is -0.120. The van der Waals surface area contributed by atoms with Gasteiger partial charge in [-0.2, -0.15) is 0 Å². The number of anilines is 2. The molecule has 0 saturated carbocycles. The molecule has 0 fully saturated rings. The van der Waals surface area contributed by atoms with Crippen molar-refractivity contribution in [2.24, 2.45) is 0 Å². The SMILES string of the molecule is CCOc1ccc(NC(=O)CN(C(C)=O)c2ccccc2)cc1. The maximum atomic E-state index is 12.2. The summed E-state index contributed by atoms with van der Waals surface area (Å²) in [6.07, 6.45) is 0. The van der Waals surface area contributed by atoms with Crippen LogP contribution in [0, 0.1) is 0 Å². The fourth-order valence-electron chi connectivity index (χ4n) is 2.14. The highest BCUT2D eigenvalue weighted by Crippen LogP contribution is 2.17. The third kappa shape index (κ3) is 4.85. The molecule has 0 saturated heterocycles. The van der Waals surface area contributed by atoms with Crippen molar-refractivity contribution in [2.45, 2.75) is 13.8 Å². The minimum Gasteiger partial charge on any atom is -0.494 e. The third-order valence-electron chi connectivity index (χ3n) is 3.20. The van der Waals surface area contributed by atoms with Crippen molar-refractivity contribution < 1.29 is 14.3 Å². The van der Waals surface area contributed by atoms with Gasteiger partial charge < -0.3 is 15.0 Å². The largest absolute Gasteiger partial charge is 0.494 e. The summed E-state index contributed by atoms with van der Waals surface area (Å²) >= 11 is 0. The number of carbonyl (C=O) groups is 2. The second-order valence-corrected chi connectivity index (χ2v) is 4.95. The first kappa shape index (κ1) is 16.5. The minimum atomic E-state index is -0.256. The first-order valence-corrected chi connectivity index (χ1v) is 7.46. The number of nitrogens with zero attached hydrogens (tertiary/aromatic N) is 1. The van der Waals surface area contributed by atoms with Crippen LogP contribution < -0.4 is 15.0 Å². The fraction of sp³-hybridized carbons (Fsp3) is 0.222. The van der Waals surface area contributed by atoms with Crippen LogP contribution in [0.3, 0.4) is 0 Å². The van der Waals surface area contributed by atoms with Gasteiger partial charge in [-0.25, -0.2) is 0 Å². The number of rotatable bonds is 6. The van der Waals surface area contributed by atoms with E-state index in [4.69, 9.17) is 4.74 Å². The Labute approximate surface area is 135 Å². The van der Waals surface area contributed by atoms with Gasteiger partial charge >= 0.3 is 0 Å². The number of amides is 2. The molecule has 23 heavy (non-hydrogen) atoms. The van der Waals surface area contributed by atoms with Gasteiger partial charge in [-0.3, -0.25) is 9.59 Å². The van der Waals surface area contributed by atoms with Crippen LogP contribution in [0.25, 0.3) is 0 Å². The molecule has 5 heteroatoms. The summed E-state index contributed by atoms with van der Waals surface area (Å²) in [7, 11) is 0. The van der Waals surface area contributed by atoms with Gasteiger partial charge in [0.15, 0.2) is 0 Å². The zero-order valence-electron chi connectivity index (χ0n) is 13.3. The Hall–Kier alpha value is -2.82. The van der Waals surface area contributed by atoms with E-state index in [1.54, 1.807) is 36.4 Å². The molecule has 0 heterocycles.